The summed E-state index contributed by atoms with van der Waals surface area (Å²) in [7, 11) is 0. The van der Waals surface area contributed by atoms with Crippen molar-refractivity contribution in [3.63, 3.8) is 0 Å². The second-order valence-electron chi connectivity index (χ2n) is 2.45. The van der Waals surface area contributed by atoms with Gasteiger partial charge in [-0.15, -0.1) is 0 Å². The lowest BCUT2D eigenvalue weighted by Gasteiger charge is -2.06. The van der Waals surface area contributed by atoms with Crippen LogP contribution in [0.2, 0.25) is 0 Å². The molecule has 13 heavy (non-hydrogen) atoms. The summed E-state index contributed by atoms with van der Waals surface area (Å²) in [6.45, 7) is 1.23. The zero-order valence-electron chi connectivity index (χ0n) is 6.72. The van der Waals surface area contributed by atoms with E-state index in [0.29, 0.717) is 6.07 Å². The standard InChI is InChI=1S/C8H6F3NO/c1-4-7(8(10)11)5(3-13)2-6(9)12-4/h2-3,8H,1H3. The summed E-state index contributed by atoms with van der Waals surface area (Å²) in [5.74, 6) is -0.927. The van der Waals surface area contributed by atoms with Gasteiger partial charge in [0.25, 0.3) is 6.43 Å². The molecular weight excluding hydrogens is 183 g/mol. The molecule has 0 fully saturated rings. The Morgan fingerprint density at radius 1 is 1.54 bits per heavy atom. The number of hydrogen-bond acceptors (Lipinski definition) is 2. The summed E-state index contributed by atoms with van der Waals surface area (Å²) in [6, 6.07) is 0.696. The lowest BCUT2D eigenvalue weighted by molar-refractivity contribution is 0.110. The largest absolute Gasteiger partial charge is 0.298 e. The molecule has 0 N–H and O–H groups in total. The van der Waals surface area contributed by atoms with Crippen LogP contribution in [0.15, 0.2) is 6.07 Å². The van der Waals surface area contributed by atoms with E-state index in [-0.39, 0.29) is 17.5 Å². The van der Waals surface area contributed by atoms with Gasteiger partial charge in [0.1, 0.15) is 0 Å². The minimum atomic E-state index is -2.81. The Hall–Kier alpha value is -1.39. The molecule has 0 aliphatic carbocycles. The van der Waals surface area contributed by atoms with Gasteiger partial charge in [-0.25, -0.2) is 13.8 Å². The first-order valence-electron chi connectivity index (χ1n) is 3.46. The first kappa shape index (κ1) is 9.70. The SMILES string of the molecule is Cc1nc(F)cc(C=O)c1C(F)F. The van der Waals surface area contributed by atoms with Crippen LogP contribution in [0.4, 0.5) is 13.2 Å². The lowest BCUT2D eigenvalue weighted by Crippen LogP contribution is -2.01. The molecule has 1 aromatic rings. The summed E-state index contributed by atoms with van der Waals surface area (Å²) < 4.78 is 37.1. The molecule has 0 saturated heterocycles. The summed E-state index contributed by atoms with van der Waals surface area (Å²) in [6.07, 6.45) is -2.62. The molecule has 0 radical (unpaired) electrons. The Morgan fingerprint density at radius 2 is 2.15 bits per heavy atom. The van der Waals surface area contributed by atoms with Crippen molar-refractivity contribution >= 4 is 6.29 Å². The van der Waals surface area contributed by atoms with Crippen LogP contribution < -0.4 is 0 Å². The molecular formula is C8H6F3NO. The van der Waals surface area contributed by atoms with Gasteiger partial charge >= 0.3 is 0 Å². The van der Waals surface area contributed by atoms with Crippen molar-refractivity contribution < 1.29 is 18.0 Å². The minimum absolute atomic E-state index is 0.155. The Kier molecular flexibility index (Phi) is 2.65. The highest BCUT2D eigenvalue weighted by Gasteiger charge is 2.17. The van der Waals surface area contributed by atoms with Gasteiger partial charge in [0, 0.05) is 17.2 Å². The van der Waals surface area contributed by atoms with Crippen LogP contribution in [0.25, 0.3) is 0 Å². The molecule has 70 valence electrons. The van der Waals surface area contributed by atoms with Gasteiger partial charge in [-0.3, -0.25) is 4.79 Å². The second-order valence-corrected chi connectivity index (χ2v) is 2.45. The minimum Gasteiger partial charge on any atom is -0.298 e. The van der Waals surface area contributed by atoms with Gasteiger partial charge in [0.05, 0.1) is 5.69 Å². The highest BCUT2D eigenvalue weighted by Crippen LogP contribution is 2.24. The highest BCUT2D eigenvalue weighted by atomic mass is 19.3. The number of alkyl halides is 2. The number of aromatic nitrogens is 1. The second kappa shape index (κ2) is 3.55. The maximum atomic E-state index is 12.5. The number of aryl methyl sites for hydroxylation is 1. The predicted molar refractivity (Wildman–Crippen MR) is 39.3 cm³/mol. The highest BCUT2D eigenvalue weighted by molar-refractivity contribution is 5.77. The number of carbonyl (C=O) groups excluding carboxylic acids is 1. The molecule has 5 heteroatoms. The van der Waals surface area contributed by atoms with E-state index in [0.717, 1.165) is 0 Å². The first-order valence-corrected chi connectivity index (χ1v) is 3.46. The number of pyridine rings is 1. The Labute approximate surface area is 72.4 Å². The van der Waals surface area contributed by atoms with E-state index in [4.69, 9.17) is 0 Å². The number of carbonyl (C=O) groups is 1. The van der Waals surface area contributed by atoms with Crippen molar-refractivity contribution in [2.45, 2.75) is 13.3 Å². The van der Waals surface area contributed by atoms with Crippen LogP contribution in [-0.2, 0) is 0 Å². The summed E-state index contributed by atoms with van der Waals surface area (Å²) >= 11 is 0. The molecule has 0 atom stereocenters. The number of hydrogen-bond donors (Lipinski definition) is 0. The van der Waals surface area contributed by atoms with Gasteiger partial charge in [-0.05, 0) is 6.92 Å². The maximum absolute atomic E-state index is 12.5. The normalized spacial score (nSPS) is 10.5. The van der Waals surface area contributed by atoms with Gasteiger partial charge < -0.3 is 0 Å². The molecule has 0 amide bonds. The van der Waals surface area contributed by atoms with Gasteiger partial charge in [0.15, 0.2) is 6.29 Å². The number of halogens is 3. The fourth-order valence-electron chi connectivity index (χ4n) is 1.05. The lowest BCUT2D eigenvalue weighted by atomic mass is 10.1. The first-order chi connectivity index (χ1) is 6.06. The molecule has 1 aromatic heterocycles. The quantitative estimate of drug-likeness (QED) is 0.527. The van der Waals surface area contributed by atoms with E-state index in [1.807, 2.05) is 0 Å². The van der Waals surface area contributed by atoms with E-state index >= 15 is 0 Å². The van der Waals surface area contributed by atoms with Crippen molar-refractivity contribution in [3.8, 4) is 0 Å². The molecule has 0 aromatic carbocycles. The molecule has 0 aliphatic rings. The third-order valence-corrected chi connectivity index (χ3v) is 1.60. The maximum Gasteiger partial charge on any atom is 0.266 e. The van der Waals surface area contributed by atoms with Crippen molar-refractivity contribution in [2.24, 2.45) is 0 Å². The summed E-state index contributed by atoms with van der Waals surface area (Å²) in [5, 5.41) is 0. The van der Waals surface area contributed by atoms with E-state index in [1.54, 1.807) is 0 Å². The molecule has 2 nitrogen and oxygen atoms in total. The third kappa shape index (κ3) is 1.85. The molecule has 0 unspecified atom stereocenters. The summed E-state index contributed by atoms with van der Waals surface area (Å²) in [5.41, 5.74) is -1.01. The van der Waals surface area contributed by atoms with Gasteiger partial charge in [0.2, 0.25) is 5.95 Å². The van der Waals surface area contributed by atoms with E-state index < -0.39 is 17.9 Å². The molecule has 0 bridgehead atoms. The molecule has 0 aliphatic heterocycles. The molecule has 0 saturated carbocycles. The van der Waals surface area contributed by atoms with E-state index in [9.17, 15) is 18.0 Å². The van der Waals surface area contributed by atoms with Gasteiger partial charge in [-0.2, -0.15) is 4.39 Å². The van der Waals surface area contributed by atoms with Gasteiger partial charge in [-0.1, -0.05) is 0 Å². The average Bonchev–Trinajstić information content (AvgIpc) is 2.01. The monoisotopic (exact) mass is 189 g/mol. The summed E-state index contributed by atoms with van der Waals surface area (Å²) in [4.78, 5) is 13.5. The number of rotatable bonds is 2. The Morgan fingerprint density at radius 3 is 2.62 bits per heavy atom. The van der Waals surface area contributed by atoms with Crippen molar-refractivity contribution in [1.82, 2.24) is 4.98 Å². The number of aldehydes is 1. The predicted octanol–water partition coefficient (Wildman–Crippen LogP) is 2.28. The van der Waals surface area contributed by atoms with Crippen LogP contribution in [-0.4, -0.2) is 11.3 Å². The van der Waals surface area contributed by atoms with E-state index in [2.05, 4.69) is 4.98 Å². The zero-order chi connectivity index (χ0) is 10.0. The molecule has 1 rings (SSSR count). The number of nitrogens with zero attached hydrogens (tertiary/aromatic N) is 1. The smallest absolute Gasteiger partial charge is 0.266 e. The average molecular weight is 189 g/mol. The fraction of sp³-hybridized carbons (Fsp3) is 0.250. The van der Waals surface area contributed by atoms with Crippen LogP contribution in [0.5, 0.6) is 0 Å². The molecule has 0 spiro atoms. The van der Waals surface area contributed by atoms with Crippen molar-refractivity contribution in [2.75, 3.05) is 0 Å². The topological polar surface area (TPSA) is 30.0 Å². The van der Waals surface area contributed by atoms with Crippen molar-refractivity contribution in [3.05, 3.63) is 28.8 Å². The molecule has 1 heterocycles. The Balaban J connectivity index is 3.38. The van der Waals surface area contributed by atoms with Crippen LogP contribution in [0.1, 0.15) is 28.0 Å². The van der Waals surface area contributed by atoms with E-state index in [1.165, 1.54) is 6.92 Å². The van der Waals surface area contributed by atoms with Crippen molar-refractivity contribution in [1.29, 1.82) is 0 Å². The Bertz CT molecular complexity index is 338. The zero-order valence-corrected chi connectivity index (χ0v) is 6.72. The van der Waals surface area contributed by atoms with Crippen LogP contribution in [0, 0.1) is 12.9 Å². The third-order valence-electron chi connectivity index (χ3n) is 1.60. The fourth-order valence-corrected chi connectivity index (χ4v) is 1.05. The van der Waals surface area contributed by atoms with Crippen LogP contribution >= 0.6 is 0 Å². The van der Waals surface area contributed by atoms with Crippen LogP contribution in [0.3, 0.4) is 0 Å².